The fourth-order valence-corrected chi connectivity index (χ4v) is 1.29. The van der Waals surface area contributed by atoms with Crippen LogP contribution in [0.5, 0.6) is 11.5 Å². The zero-order chi connectivity index (χ0) is 12.4. The van der Waals surface area contributed by atoms with Gasteiger partial charge in [0.2, 0.25) is 0 Å². The molecule has 1 aromatic carbocycles. The number of nitrogens with zero attached hydrogens (tertiary/aromatic N) is 1. The topological polar surface area (TPSA) is 95.6 Å². The van der Waals surface area contributed by atoms with Crippen molar-refractivity contribution >= 4 is 11.6 Å². The minimum Gasteiger partial charge on any atom is -0.504 e. The largest absolute Gasteiger partial charge is 0.504 e. The lowest BCUT2D eigenvalue weighted by Crippen LogP contribution is -2.12. The normalized spacial score (nSPS) is 10.2. The summed E-state index contributed by atoms with van der Waals surface area (Å²) in [4.78, 5) is 11.7. The molecule has 0 fully saturated rings. The number of amides is 1. The highest BCUT2D eigenvalue weighted by molar-refractivity contribution is 6.03. The molecule has 88 valence electrons. The van der Waals surface area contributed by atoms with E-state index in [0.717, 1.165) is 0 Å². The monoisotopic (exact) mass is 234 g/mol. The highest BCUT2D eigenvalue weighted by Gasteiger charge is 2.14. The number of nitrogens with one attached hydrogen (secondary N) is 1. The number of rotatable bonds is 2. The molecule has 0 atom stereocenters. The standard InChI is InChI=1S/C11H10N2O4/c1-6-5-8(13-17-6)11(16)12-7-3-2-4-9(14)10(7)15/h2-5,14-15H,1H3,(H,12,16). The van der Waals surface area contributed by atoms with Crippen LogP contribution in [0.25, 0.3) is 0 Å². The molecular formula is C11H10N2O4. The first-order valence-electron chi connectivity index (χ1n) is 4.83. The van der Waals surface area contributed by atoms with Crippen molar-refractivity contribution in [2.24, 2.45) is 0 Å². The molecule has 1 heterocycles. The van der Waals surface area contributed by atoms with E-state index in [-0.39, 0.29) is 22.9 Å². The molecule has 0 bridgehead atoms. The Kier molecular flexibility index (Phi) is 2.70. The third-order valence-electron chi connectivity index (χ3n) is 2.12. The first-order valence-corrected chi connectivity index (χ1v) is 4.83. The van der Waals surface area contributed by atoms with Crippen LogP contribution in [-0.2, 0) is 0 Å². The number of aromatic hydroxyl groups is 2. The van der Waals surface area contributed by atoms with Crippen LogP contribution in [0, 0.1) is 6.92 Å². The van der Waals surface area contributed by atoms with E-state index >= 15 is 0 Å². The summed E-state index contributed by atoms with van der Waals surface area (Å²) in [5.74, 6) is -0.710. The van der Waals surface area contributed by atoms with Gasteiger partial charge in [-0.2, -0.15) is 0 Å². The molecule has 17 heavy (non-hydrogen) atoms. The second-order valence-corrected chi connectivity index (χ2v) is 3.45. The first kappa shape index (κ1) is 11.0. The molecule has 6 heteroatoms. The molecule has 0 unspecified atom stereocenters. The molecule has 6 nitrogen and oxygen atoms in total. The summed E-state index contributed by atoms with van der Waals surface area (Å²) in [5, 5.41) is 24.7. The number of benzene rings is 1. The molecule has 0 radical (unpaired) electrons. The van der Waals surface area contributed by atoms with Crippen molar-refractivity contribution in [3.05, 3.63) is 35.7 Å². The lowest BCUT2D eigenvalue weighted by molar-refractivity contribution is 0.101. The second kappa shape index (κ2) is 4.17. The Balaban J connectivity index is 2.21. The zero-order valence-electron chi connectivity index (χ0n) is 8.97. The summed E-state index contributed by atoms with van der Waals surface area (Å²) in [6.45, 7) is 1.66. The van der Waals surface area contributed by atoms with E-state index in [2.05, 4.69) is 10.5 Å². The summed E-state index contributed by atoms with van der Waals surface area (Å²) in [6, 6.07) is 5.74. The molecular weight excluding hydrogens is 224 g/mol. The number of aryl methyl sites for hydroxylation is 1. The van der Waals surface area contributed by atoms with Crippen LogP contribution in [0.3, 0.4) is 0 Å². The van der Waals surface area contributed by atoms with Crippen molar-refractivity contribution in [3.63, 3.8) is 0 Å². The predicted octanol–water partition coefficient (Wildman–Crippen LogP) is 1.65. The molecule has 1 amide bonds. The third-order valence-corrected chi connectivity index (χ3v) is 2.12. The number of phenolic OH excluding ortho intramolecular Hbond substituents is 2. The van der Waals surface area contributed by atoms with Gasteiger partial charge in [0.05, 0.1) is 5.69 Å². The fourth-order valence-electron chi connectivity index (χ4n) is 1.29. The molecule has 0 aliphatic carbocycles. The maximum absolute atomic E-state index is 11.7. The molecule has 2 rings (SSSR count). The zero-order valence-corrected chi connectivity index (χ0v) is 8.97. The Morgan fingerprint density at radius 2 is 2.18 bits per heavy atom. The summed E-state index contributed by atoms with van der Waals surface area (Å²) in [6.07, 6.45) is 0. The Labute approximate surface area is 96.5 Å². The fraction of sp³-hybridized carbons (Fsp3) is 0.0909. The molecule has 0 aliphatic heterocycles. The molecule has 0 spiro atoms. The van der Waals surface area contributed by atoms with Gasteiger partial charge < -0.3 is 20.1 Å². The van der Waals surface area contributed by atoms with Gasteiger partial charge in [-0.25, -0.2) is 0 Å². The van der Waals surface area contributed by atoms with Crippen LogP contribution in [0.4, 0.5) is 5.69 Å². The molecule has 3 N–H and O–H groups in total. The summed E-state index contributed by atoms with van der Waals surface area (Å²) >= 11 is 0. The van der Waals surface area contributed by atoms with Crippen molar-refractivity contribution in [2.45, 2.75) is 6.92 Å². The van der Waals surface area contributed by atoms with Crippen LogP contribution in [-0.4, -0.2) is 21.3 Å². The van der Waals surface area contributed by atoms with Crippen LogP contribution < -0.4 is 5.32 Å². The van der Waals surface area contributed by atoms with Crippen molar-refractivity contribution in [1.29, 1.82) is 0 Å². The predicted molar refractivity (Wildman–Crippen MR) is 59.0 cm³/mol. The van der Waals surface area contributed by atoms with E-state index in [0.29, 0.717) is 5.76 Å². The van der Waals surface area contributed by atoms with Gasteiger partial charge in [0.1, 0.15) is 5.76 Å². The van der Waals surface area contributed by atoms with Crippen molar-refractivity contribution in [2.75, 3.05) is 5.32 Å². The Morgan fingerprint density at radius 1 is 1.41 bits per heavy atom. The number of anilines is 1. The number of hydrogen-bond acceptors (Lipinski definition) is 5. The smallest absolute Gasteiger partial charge is 0.277 e. The Morgan fingerprint density at radius 3 is 2.82 bits per heavy atom. The lowest BCUT2D eigenvalue weighted by atomic mass is 10.2. The van der Waals surface area contributed by atoms with E-state index in [1.54, 1.807) is 6.92 Å². The second-order valence-electron chi connectivity index (χ2n) is 3.45. The molecule has 1 aromatic heterocycles. The summed E-state index contributed by atoms with van der Waals surface area (Å²) in [7, 11) is 0. The third kappa shape index (κ3) is 2.20. The number of phenols is 2. The average molecular weight is 234 g/mol. The number of para-hydroxylation sites is 1. The highest BCUT2D eigenvalue weighted by Crippen LogP contribution is 2.32. The van der Waals surface area contributed by atoms with E-state index in [9.17, 15) is 15.0 Å². The number of aromatic nitrogens is 1. The summed E-state index contributed by atoms with van der Waals surface area (Å²) in [5.41, 5.74) is 0.209. The van der Waals surface area contributed by atoms with E-state index in [1.807, 2.05) is 0 Å². The summed E-state index contributed by atoms with van der Waals surface area (Å²) < 4.78 is 4.75. The molecule has 2 aromatic rings. The van der Waals surface area contributed by atoms with Crippen molar-refractivity contribution in [3.8, 4) is 11.5 Å². The maximum atomic E-state index is 11.7. The van der Waals surface area contributed by atoms with Gasteiger partial charge in [-0.05, 0) is 19.1 Å². The van der Waals surface area contributed by atoms with Crippen LogP contribution in [0.2, 0.25) is 0 Å². The maximum Gasteiger partial charge on any atom is 0.277 e. The number of carbonyl (C=O) groups is 1. The van der Waals surface area contributed by atoms with Crippen molar-refractivity contribution < 1.29 is 19.5 Å². The van der Waals surface area contributed by atoms with E-state index in [4.69, 9.17) is 4.52 Å². The Hall–Kier alpha value is -2.50. The quantitative estimate of drug-likeness (QED) is 0.686. The number of carbonyl (C=O) groups excluding carboxylic acids is 1. The van der Waals surface area contributed by atoms with E-state index in [1.165, 1.54) is 24.3 Å². The van der Waals surface area contributed by atoms with E-state index < -0.39 is 5.91 Å². The van der Waals surface area contributed by atoms with Gasteiger partial charge in [-0.3, -0.25) is 4.79 Å². The van der Waals surface area contributed by atoms with Gasteiger partial charge in [-0.15, -0.1) is 0 Å². The Bertz CT molecular complexity index is 562. The van der Waals surface area contributed by atoms with Gasteiger partial charge in [0.15, 0.2) is 17.2 Å². The highest BCUT2D eigenvalue weighted by atomic mass is 16.5. The van der Waals surface area contributed by atoms with Gasteiger partial charge in [0.25, 0.3) is 5.91 Å². The van der Waals surface area contributed by atoms with Gasteiger partial charge in [0, 0.05) is 6.07 Å². The van der Waals surface area contributed by atoms with Crippen LogP contribution in [0.1, 0.15) is 16.2 Å². The van der Waals surface area contributed by atoms with Crippen LogP contribution >= 0.6 is 0 Å². The molecule has 0 aliphatic rings. The number of hydrogen-bond donors (Lipinski definition) is 3. The van der Waals surface area contributed by atoms with Gasteiger partial charge in [-0.1, -0.05) is 11.2 Å². The van der Waals surface area contributed by atoms with Crippen molar-refractivity contribution in [1.82, 2.24) is 5.16 Å². The molecule has 0 saturated carbocycles. The first-order chi connectivity index (χ1) is 8.08. The molecule has 0 saturated heterocycles. The van der Waals surface area contributed by atoms with Gasteiger partial charge >= 0.3 is 0 Å². The minimum atomic E-state index is -0.525. The SMILES string of the molecule is Cc1cc(C(=O)Nc2cccc(O)c2O)no1. The lowest BCUT2D eigenvalue weighted by Gasteiger charge is -2.06. The average Bonchev–Trinajstić information content (AvgIpc) is 2.72. The van der Waals surface area contributed by atoms with Crippen LogP contribution in [0.15, 0.2) is 28.8 Å². The minimum absolute atomic E-state index is 0.102.